The predicted molar refractivity (Wildman–Crippen MR) is 151 cm³/mol. The Kier molecular flexibility index (Phi) is 6.25. The Bertz CT molecular complexity index is 1960. The fraction of sp³-hybridized carbons (Fsp3) is 0.0385. The molecule has 0 saturated heterocycles. The molecule has 0 unspecified atom stereocenters. The number of fused-ring (bicyclic) bond motifs is 2. The highest BCUT2D eigenvalue weighted by molar-refractivity contribution is 7.98. The van der Waals surface area contributed by atoms with E-state index >= 15 is 0 Å². The Balaban J connectivity index is 1.51. The largest absolute Gasteiger partial charge is 0.278 e. The Hall–Kier alpha value is -3.57. The van der Waals surface area contributed by atoms with Gasteiger partial charge < -0.3 is 0 Å². The number of para-hydroxylation sites is 2. The van der Waals surface area contributed by atoms with Gasteiger partial charge in [0, 0.05) is 23.7 Å². The summed E-state index contributed by atoms with van der Waals surface area (Å²) in [4.78, 5) is 36.0. The third-order valence-electron chi connectivity index (χ3n) is 5.63. The normalized spacial score (nSPS) is 11.4. The summed E-state index contributed by atoms with van der Waals surface area (Å²) in [5, 5.41) is 0.922. The second kappa shape index (κ2) is 9.71. The summed E-state index contributed by atoms with van der Waals surface area (Å²) in [6, 6.07) is 23.8. The minimum absolute atomic E-state index is 0.203. The molecule has 0 fully saturated rings. The molecule has 0 atom stereocenters. The van der Waals surface area contributed by atoms with E-state index in [1.54, 1.807) is 16.7 Å². The van der Waals surface area contributed by atoms with Crippen LogP contribution in [0.2, 0.25) is 5.02 Å². The summed E-state index contributed by atoms with van der Waals surface area (Å²) in [6.07, 6.45) is 1.54. The quantitative estimate of drug-likeness (QED) is 0.148. The van der Waals surface area contributed by atoms with Crippen molar-refractivity contribution in [2.24, 2.45) is 0 Å². The number of benzene rings is 2. The van der Waals surface area contributed by atoms with Gasteiger partial charge in [-0.25, -0.2) is 9.97 Å². The average Bonchev–Trinajstić information content (AvgIpc) is 3.25. The number of pyridine rings is 1. The summed E-state index contributed by atoms with van der Waals surface area (Å²) in [6.45, 7) is 0. The summed E-state index contributed by atoms with van der Waals surface area (Å²) in [5.41, 5.74) is 2.65. The molecule has 37 heavy (non-hydrogen) atoms. The molecule has 6 rings (SSSR count). The maximum atomic E-state index is 13.8. The number of hydrogen-bond acceptors (Lipinski definition) is 7. The van der Waals surface area contributed by atoms with E-state index in [0.717, 1.165) is 5.69 Å². The number of thioether (sulfide) groups is 1. The van der Waals surface area contributed by atoms with Gasteiger partial charge in [-0.15, -0.1) is 0 Å². The van der Waals surface area contributed by atoms with E-state index in [9.17, 15) is 9.59 Å². The lowest BCUT2D eigenvalue weighted by Gasteiger charge is -2.13. The summed E-state index contributed by atoms with van der Waals surface area (Å²) in [7, 11) is 0. The number of halogens is 1. The van der Waals surface area contributed by atoms with Crippen molar-refractivity contribution in [3.05, 3.63) is 120 Å². The smallest absolute Gasteiger partial charge is 0.275 e. The van der Waals surface area contributed by atoms with Gasteiger partial charge in [0.2, 0.25) is 0 Å². The standard InChI is InChI=1S/C26H16ClN5O2S3/c27-16-11-12-20-28-17(13-21(33)30(20)14-16)15-36-25-29-23-22(24(34)32(25)19-9-5-2-6-10-19)37-26(35)31(23)18-7-3-1-4-8-18/h1-14H,15H2. The third kappa shape index (κ3) is 4.42. The molecule has 0 saturated carbocycles. The van der Waals surface area contributed by atoms with Crippen molar-refractivity contribution in [1.29, 1.82) is 0 Å². The van der Waals surface area contributed by atoms with Crippen molar-refractivity contribution in [3.8, 4) is 11.4 Å². The van der Waals surface area contributed by atoms with Gasteiger partial charge in [0.25, 0.3) is 11.1 Å². The van der Waals surface area contributed by atoms with Crippen LogP contribution in [0.1, 0.15) is 5.69 Å². The van der Waals surface area contributed by atoms with Gasteiger partial charge in [0.1, 0.15) is 10.3 Å². The zero-order chi connectivity index (χ0) is 25.5. The monoisotopic (exact) mass is 561 g/mol. The maximum Gasteiger partial charge on any atom is 0.278 e. The predicted octanol–water partition coefficient (Wildman–Crippen LogP) is 5.92. The van der Waals surface area contributed by atoms with Gasteiger partial charge in [-0.3, -0.25) is 23.1 Å². The number of rotatable bonds is 5. The fourth-order valence-electron chi connectivity index (χ4n) is 3.98. The van der Waals surface area contributed by atoms with Crippen LogP contribution in [-0.4, -0.2) is 23.5 Å². The van der Waals surface area contributed by atoms with E-state index in [4.69, 9.17) is 28.8 Å². The lowest BCUT2D eigenvalue weighted by atomic mass is 10.3. The zero-order valence-electron chi connectivity index (χ0n) is 18.9. The van der Waals surface area contributed by atoms with Crippen molar-refractivity contribution >= 4 is 62.9 Å². The second-order valence-electron chi connectivity index (χ2n) is 8.01. The third-order valence-corrected chi connectivity index (χ3v) is 8.18. The molecule has 2 aromatic carbocycles. The number of hydrogen-bond donors (Lipinski definition) is 0. The molecule has 0 aliphatic rings. The van der Waals surface area contributed by atoms with Crippen LogP contribution in [0.4, 0.5) is 0 Å². The van der Waals surface area contributed by atoms with Gasteiger partial charge >= 0.3 is 0 Å². The van der Waals surface area contributed by atoms with E-state index < -0.39 is 0 Å². The first kappa shape index (κ1) is 23.8. The van der Waals surface area contributed by atoms with E-state index in [2.05, 4.69) is 4.98 Å². The summed E-state index contributed by atoms with van der Waals surface area (Å²) < 4.78 is 5.82. The highest BCUT2D eigenvalue weighted by atomic mass is 35.5. The Morgan fingerprint density at radius 3 is 2.27 bits per heavy atom. The molecular weight excluding hydrogens is 546 g/mol. The maximum absolute atomic E-state index is 13.8. The van der Waals surface area contributed by atoms with Crippen molar-refractivity contribution in [2.75, 3.05) is 0 Å². The van der Waals surface area contributed by atoms with Crippen molar-refractivity contribution in [1.82, 2.24) is 23.5 Å². The first-order chi connectivity index (χ1) is 18.0. The van der Waals surface area contributed by atoms with E-state index in [1.165, 1.54) is 39.8 Å². The molecule has 6 aromatic rings. The second-order valence-corrected chi connectivity index (χ2v) is 11.0. The highest BCUT2D eigenvalue weighted by Gasteiger charge is 2.19. The van der Waals surface area contributed by atoms with Gasteiger partial charge in [-0.2, -0.15) is 0 Å². The molecule has 0 N–H and O–H groups in total. The van der Waals surface area contributed by atoms with Crippen LogP contribution in [0, 0.1) is 3.95 Å². The molecule has 4 heterocycles. The van der Waals surface area contributed by atoms with Crippen LogP contribution in [0.5, 0.6) is 0 Å². The van der Waals surface area contributed by atoms with Crippen LogP contribution in [-0.2, 0) is 5.75 Å². The number of aromatic nitrogens is 5. The van der Waals surface area contributed by atoms with E-state index in [-0.39, 0.29) is 11.1 Å². The number of nitrogens with zero attached hydrogens (tertiary/aromatic N) is 5. The molecule has 7 nitrogen and oxygen atoms in total. The minimum Gasteiger partial charge on any atom is -0.275 e. The molecule has 0 spiro atoms. The molecule has 0 amide bonds. The zero-order valence-corrected chi connectivity index (χ0v) is 22.2. The van der Waals surface area contributed by atoms with Crippen LogP contribution in [0.15, 0.2) is 99.8 Å². The van der Waals surface area contributed by atoms with Crippen LogP contribution in [0.3, 0.4) is 0 Å². The topological polar surface area (TPSA) is 74.2 Å². The molecule has 4 aromatic heterocycles. The Labute approximate surface area is 228 Å². The first-order valence-electron chi connectivity index (χ1n) is 11.1. The van der Waals surface area contributed by atoms with E-state index in [0.29, 0.717) is 47.3 Å². The summed E-state index contributed by atoms with van der Waals surface area (Å²) in [5.74, 6) is 0.329. The van der Waals surface area contributed by atoms with Crippen LogP contribution >= 0.6 is 46.9 Å². The summed E-state index contributed by atoms with van der Waals surface area (Å²) >= 11 is 14.2. The van der Waals surface area contributed by atoms with Gasteiger partial charge in [0.15, 0.2) is 14.8 Å². The molecule has 0 aliphatic carbocycles. The Morgan fingerprint density at radius 2 is 1.57 bits per heavy atom. The number of thiazole rings is 1. The molecule has 0 aliphatic heterocycles. The molecule has 11 heteroatoms. The molecule has 0 radical (unpaired) electrons. The fourth-order valence-corrected chi connectivity index (χ4v) is 6.34. The lowest BCUT2D eigenvalue weighted by Crippen LogP contribution is -2.21. The van der Waals surface area contributed by atoms with Crippen LogP contribution in [0.25, 0.3) is 27.4 Å². The average molecular weight is 562 g/mol. The SMILES string of the molecule is O=c1c2sc(=S)n(-c3ccccc3)c2nc(SCc2cc(=O)n3cc(Cl)ccc3n2)n1-c1ccccc1. The Morgan fingerprint density at radius 1 is 0.892 bits per heavy atom. The molecular formula is C26H16ClN5O2S3. The van der Waals surface area contributed by atoms with Gasteiger partial charge in [0.05, 0.1) is 16.4 Å². The molecule has 182 valence electrons. The van der Waals surface area contributed by atoms with E-state index in [1.807, 2.05) is 65.2 Å². The van der Waals surface area contributed by atoms with Crippen LogP contribution < -0.4 is 11.1 Å². The first-order valence-corrected chi connectivity index (χ1v) is 13.7. The van der Waals surface area contributed by atoms with Crippen molar-refractivity contribution in [3.63, 3.8) is 0 Å². The van der Waals surface area contributed by atoms with Gasteiger partial charge in [-0.05, 0) is 48.6 Å². The molecule has 0 bridgehead atoms. The van der Waals surface area contributed by atoms with Crippen molar-refractivity contribution < 1.29 is 0 Å². The highest BCUT2D eigenvalue weighted by Crippen LogP contribution is 2.28. The minimum atomic E-state index is -0.234. The van der Waals surface area contributed by atoms with Crippen molar-refractivity contribution in [2.45, 2.75) is 10.9 Å². The lowest BCUT2D eigenvalue weighted by molar-refractivity contribution is 0.811. The van der Waals surface area contributed by atoms with Gasteiger partial charge in [-0.1, -0.05) is 71.1 Å².